The number of nitrogens with one attached hydrogen (secondary N) is 1. The third-order valence-corrected chi connectivity index (χ3v) is 4.24. The molecule has 0 aliphatic carbocycles. The van der Waals surface area contributed by atoms with Gasteiger partial charge in [-0.15, -0.1) is 0 Å². The standard InChI is InChI=1S/C20H20ClN3O4/c1-3-17(27-16-10-8-15(26-2)9-11-16)20(25)22-12-18-23-19(24-28-18)13-4-6-14(21)7-5-13/h4-11,17H,3,12H2,1-2H3,(H,22,25)/t17-/m1/s1. The van der Waals surface area contributed by atoms with Crippen LogP contribution >= 0.6 is 11.6 Å². The monoisotopic (exact) mass is 401 g/mol. The summed E-state index contributed by atoms with van der Waals surface area (Å²) in [5, 5.41) is 7.31. The van der Waals surface area contributed by atoms with E-state index in [1.54, 1.807) is 55.6 Å². The van der Waals surface area contributed by atoms with Crippen LogP contribution in [0.2, 0.25) is 5.02 Å². The Balaban J connectivity index is 1.56. The molecule has 1 N–H and O–H groups in total. The molecule has 0 unspecified atom stereocenters. The average molecular weight is 402 g/mol. The topological polar surface area (TPSA) is 86.5 Å². The molecule has 0 aliphatic rings. The fourth-order valence-corrected chi connectivity index (χ4v) is 2.59. The third kappa shape index (κ3) is 5.01. The van der Waals surface area contributed by atoms with E-state index in [4.69, 9.17) is 25.6 Å². The molecule has 1 heterocycles. The number of aromatic nitrogens is 2. The molecule has 1 atom stereocenters. The Morgan fingerprint density at radius 2 is 1.82 bits per heavy atom. The number of carbonyl (C=O) groups excluding carboxylic acids is 1. The van der Waals surface area contributed by atoms with Crippen LogP contribution in [0.3, 0.4) is 0 Å². The summed E-state index contributed by atoms with van der Waals surface area (Å²) >= 11 is 5.88. The van der Waals surface area contributed by atoms with E-state index < -0.39 is 6.10 Å². The summed E-state index contributed by atoms with van der Waals surface area (Å²) in [6, 6.07) is 14.1. The number of rotatable bonds is 8. The number of hydrogen-bond donors (Lipinski definition) is 1. The van der Waals surface area contributed by atoms with Gasteiger partial charge in [0.1, 0.15) is 11.5 Å². The van der Waals surface area contributed by atoms with E-state index in [0.717, 1.165) is 11.3 Å². The lowest BCUT2D eigenvalue weighted by Crippen LogP contribution is -2.37. The number of hydrogen-bond acceptors (Lipinski definition) is 6. The van der Waals surface area contributed by atoms with Crippen molar-refractivity contribution in [2.75, 3.05) is 7.11 Å². The van der Waals surface area contributed by atoms with Crippen LogP contribution in [0, 0.1) is 0 Å². The molecule has 146 valence electrons. The number of halogens is 1. The number of carbonyl (C=O) groups is 1. The van der Waals surface area contributed by atoms with E-state index in [1.807, 2.05) is 6.92 Å². The van der Waals surface area contributed by atoms with Gasteiger partial charge in [-0.3, -0.25) is 4.79 Å². The Morgan fingerprint density at radius 1 is 1.14 bits per heavy atom. The van der Waals surface area contributed by atoms with E-state index in [-0.39, 0.29) is 12.5 Å². The van der Waals surface area contributed by atoms with Crippen molar-refractivity contribution in [2.24, 2.45) is 0 Å². The lowest BCUT2D eigenvalue weighted by molar-refractivity contribution is -0.128. The molecule has 0 aliphatic heterocycles. The molecule has 2 aromatic carbocycles. The highest BCUT2D eigenvalue weighted by Gasteiger charge is 2.19. The number of methoxy groups -OCH3 is 1. The number of nitrogens with zero attached hydrogens (tertiary/aromatic N) is 2. The maximum absolute atomic E-state index is 12.4. The minimum atomic E-state index is -0.632. The van der Waals surface area contributed by atoms with Crippen LogP contribution in [0.25, 0.3) is 11.4 Å². The Hall–Kier alpha value is -3.06. The van der Waals surface area contributed by atoms with Crippen LogP contribution in [-0.2, 0) is 11.3 Å². The molecule has 3 rings (SSSR count). The van der Waals surface area contributed by atoms with Crippen LogP contribution in [-0.4, -0.2) is 29.3 Å². The quantitative estimate of drug-likeness (QED) is 0.616. The van der Waals surface area contributed by atoms with E-state index >= 15 is 0 Å². The lowest BCUT2D eigenvalue weighted by atomic mass is 10.2. The summed E-state index contributed by atoms with van der Waals surface area (Å²) in [7, 11) is 1.59. The second-order valence-electron chi connectivity index (χ2n) is 5.93. The summed E-state index contributed by atoms with van der Waals surface area (Å²) in [6.07, 6.45) is -0.121. The smallest absolute Gasteiger partial charge is 0.261 e. The minimum Gasteiger partial charge on any atom is -0.497 e. The van der Waals surface area contributed by atoms with Crippen LogP contribution in [0.5, 0.6) is 11.5 Å². The zero-order chi connectivity index (χ0) is 19.9. The molecule has 1 aromatic heterocycles. The van der Waals surface area contributed by atoms with Crippen molar-refractivity contribution >= 4 is 17.5 Å². The van der Waals surface area contributed by atoms with Gasteiger partial charge in [0.25, 0.3) is 5.91 Å². The van der Waals surface area contributed by atoms with Gasteiger partial charge >= 0.3 is 0 Å². The van der Waals surface area contributed by atoms with Crippen molar-refractivity contribution in [1.82, 2.24) is 15.5 Å². The van der Waals surface area contributed by atoms with E-state index in [1.165, 1.54) is 0 Å². The van der Waals surface area contributed by atoms with Crippen LogP contribution in [0.4, 0.5) is 0 Å². The molecule has 0 fully saturated rings. The highest BCUT2D eigenvalue weighted by Crippen LogP contribution is 2.20. The second kappa shape index (κ2) is 9.23. The van der Waals surface area contributed by atoms with Crippen molar-refractivity contribution in [2.45, 2.75) is 26.0 Å². The van der Waals surface area contributed by atoms with Gasteiger partial charge in [-0.2, -0.15) is 4.98 Å². The van der Waals surface area contributed by atoms with Crippen molar-refractivity contribution < 1.29 is 18.8 Å². The molecule has 7 nitrogen and oxygen atoms in total. The normalized spacial score (nSPS) is 11.7. The van der Waals surface area contributed by atoms with Gasteiger partial charge < -0.3 is 19.3 Å². The first-order valence-electron chi connectivity index (χ1n) is 8.76. The maximum Gasteiger partial charge on any atom is 0.261 e. The van der Waals surface area contributed by atoms with Gasteiger partial charge in [-0.25, -0.2) is 0 Å². The predicted octanol–water partition coefficient (Wildman–Crippen LogP) is 3.87. The molecule has 0 saturated heterocycles. The molecular formula is C20H20ClN3O4. The molecule has 1 amide bonds. The summed E-state index contributed by atoms with van der Waals surface area (Å²) in [5.74, 6) is 1.79. The SMILES string of the molecule is CC[C@@H](Oc1ccc(OC)cc1)C(=O)NCc1nc(-c2ccc(Cl)cc2)no1. The van der Waals surface area contributed by atoms with Gasteiger partial charge in [0.2, 0.25) is 11.7 Å². The van der Waals surface area contributed by atoms with Crippen LogP contribution in [0.15, 0.2) is 53.1 Å². The van der Waals surface area contributed by atoms with Crippen molar-refractivity contribution in [1.29, 1.82) is 0 Å². The van der Waals surface area contributed by atoms with E-state index in [0.29, 0.717) is 28.9 Å². The first kappa shape index (κ1) is 19.7. The molecule has 3 aromatic rings. The summed E-state index contributed by atoms with van der Waals surface area (Å²) in [6.45, 7) is 1.99. The second-order valence-corrected chi connectivity index (χ2v) is 6.36. The number of amides is 1. The minimum absolute atomic E-state index is 0.113. The van der Waals surface area contributed by atoms with Crippen molar-refractivity contribution in [3.8, 4) is 22.9 Å². The van der Waals surface area contributed by atoms with Crippen LogP contribution in [0.1, 0.15) is 19.2 Å². The van der Waals surface area contributed by atoms with Gasteiger partial charge in [0.05, 0.1) is 13.7 Å². The van der Waals surface area contributed by atoms with Crippen LogP contribution < -0.4 is 14.8 Å². The van der Waals surface area contributed by atoms with E-state index in [2.05, 4.69) is 15.5 Å². The molecule has 0 saturated carbocycles. The third-order valence-electron chi connectivity index (χ3n) is 3.99. The molecular weight excluding hydrogens is 382 g/mol. The Bertz CT molecular complexity index is 910. The largest absolute Gasteiger partial charge is 0.497 e. The van der Waals surface area contributed by atoms with Gasteiger partial charge in [0.15, 0.2) is 6.10 Å². The zero-order valence-electron chi connectivity index (χ0n) is 15.5. The maximum atomic E-state index is 12.4. The summed E-state index contributed by atoms with van der Waals surface area (Å²) in [4.78, 5) is 16.7. The Morgan fingerprint density at radius 3 is 2.46 bits per heavy atom. The fraction of sp³-hybridized carbons (Fsp3) is 0.250. The van der Waals surface area contributed by atoms with E-state index in [9.17, 15) is 4.79 Å². The molecule has 0 bridgehead atoms. The fourth-order valence-electron chi connectivity index (χ4n) is 2.46. The highest BCUT2D eigenvalue weighted by atomic mass is 35.5. The molecule has 0 radical (unpaired) electrons. The number of ether oxygens (including phenoxy) is 2. The van der Waals surface area contributed by atoms with Crippen molar-refractivity contribution in [3.63, 3.8) is 0 Å². The first-order valence-corrected chi connectivity index (χ1v) is 9.13. The summed E-state index contributed by atoms with van der Waals surface area (Å²) < 4.78 is 16.1. The first-order chi connectivity index (χ1) is 13.6. The van der Waals surface area contributed by atoms with Gasteiger partial charge in [0, 0.05) is 10.6 Å². The lowest BCUT2D eigenvalue weighted by Gasteiger charge is -2.16. The van der Waals surface area contributed by atoms with Gasteiger partial charge in [-0.1, -0.05) is 23.7 Å². The van der Waals surface area contributed by atoms with Crippen molar-refractivity contribution in [3.05, 3.63) is 59.4 Å². The molecule has 0 spiro atoms. The number of benzene rings is 2. The van der Waals surface area contributed by atoms with Gasteiger partial charge in [-0.05, 0) is 55.0 Å². The Kier molecular flexibility index (Phi) is 6.49. The molecule has 28 heavy (non-hydrogen) atoms. The summed E-state index contributed by atoms with van der Waals surface area (Å²) in [5.41, 5.74) is 0.778. The predicted molar refractivity (Wildman–Crippen MR) is 104 cm³/mol. The molecule has 8 heteroatoms. The highest BCUT2D eigenvalue weighted by molar-refractivity contribution is 6.30. The average Bonchev–Trinajstić information content (AvgIpc) is 3.20. The Labute approximate surface area is 167 Å². The zero-order valence-corrected chi connectivity index (χ0v) is 16.3.